The highest BCUT2D eigenvalue weighted by atomic mass is 16.5. The number of benzene rings is 1. The smallest absolute Gasteiger partial charge is 0.336 e. The third-order valence-corrected chi connectivity index (χ3v) is 4.67. The van der Waals surface area contributed by atoms with Gasteiger partial charge in [-0.1, -0.05) is 6.92 Å². The molecular weight excluding hydrogens is 306 g/mol. The first-order valence-corrected chi connectivity index (χ1v) is 8.73. The van der Waals surface area contributed by atoms with E-state index in [1.807, 2.05) is 19.9 Å². The highest BCUT2D eigenvalue weighted by Gasteiger charge is 2.21. The number of hydrogen-bond acceptors (Lipinski definition) is 5. The normalized spacial score (nSPS) is 19.0. The number of fused-ring (bicyclic) bond motifs is 1. The van der Waals surface area contributed by atoms with E-state index in [1.165, 1.54) is 0 Å². The molecule has 1 aromatic heterocycles. The van der Waals surface area contributed by atoms with Gasteiger partial charge in [-0.05, 0) is 49.9 Å². The average molecular weight is 331 g/mol. The second-order valence-corrected chi connectivity index (χ2v) is 6.38. The number of hydrogen-bond donors (Lipinski definition) is 1. The molecule has 1 fully saturated rings. The second kappa shape index (κ2) is 7.36. The van der Waals surface area contributed by atoms with Crippen molar-refractivity contribution in [2.45, 2.75) is 45.8 Å². The van der Waals surface area contributed by atoms with Gasteiger partial charge in [-0.25, -0.2) is 4.79 Å². The Kier molecular flexibility index (Phi) is 5.21. The van der Waals surface area contributed by atoms with E-state index >= 15 is 0 Å². The number of phenols is 1. The minimum absolute atomic E-state index is 0.180. The van der Waals surface area contributed by atoms with Crippen molar-refractivity contribution in [3.05, 3.63) is 39.7 Å². The largest absolute Gasteiger partial charge is 0.508 e. The van der Waals surface area contributed by atoms with Crippen LogP contribution in [0.15, 0.2) is 27.4 Å². The number of likely N-dealkylation sites (tertiary alicyclic amines) is 1. The maximum absolute atomic E-state index is 11.9. The number of ether oxygens (including phenoxy) is 1. The zero-order chi connectivity index (χ0) is 17.1. The minimum Gasteiger partial charge on any atom is -0.508 e. The van der Waals surface area contributed by atoms with Crippen LogP contribution >= 0.6 is 0 Å². The Hall–Kier alpha value is -1.85. The van der Waals surface area contributed by atoms with Gasteiger partial charge in [0.25, 0.3) is 0 Å². The maximum Gasteiger partial charge on any atom is 0.336 e. The monoisotopic (exact) mass is 331 g/mol. The van der Waals surface area contributed by atoms with Gasteiger partial charge in [-0.15, -0.1) is 0 Å². The highest BCUT2D eigenvalue weighted by molar-refractivity contribution is 5.82. The molecular formula is C19H25NO4. The summed E-state index contributed by atoms with van der Waals surface area (Å²) in [4.78, 5) is 14.2. The summed E-state index contributed by atoms with van der Waals surface area (Å²) in [5.41, 5.74) is 1.89. The summed E-state index contributed by atoms with van der Waals surface area (Å²) in [6.07, 6.45) is 3.20. The van der Waals surface area contributed by atoms with Gasteiger partial charge in [0.05, 0.1) is 6.10 Å². The van der Waals surface area contributed by atoms with Crippen LogP contribution in [0.2, 0.25) is 0 Å². The van der Waals surface area contributed by atoms with Crippen LogP contribution in [-0.2, 0) is 17.7 Å². The number of phenolic OH excluding ortho intramolecular Hbond substituents is 1. The third kappa shape index (κ3) is 3.62. The molecule has 0 saturated carbocycles. The number of nitrogens with zero attached hydrogens (tertiary/aromatic N) is 1. The Morgan fingerprint density at radius 3 is 2.88 bits per heavy atom. The van der Waals surface area contributed by atoms with Crippen LogP contribution < -0.4 is 5.63 Å². The van der Waals surface area contributed by atoms with E-state index in [1.54, 1.807) is 12.1 Å². The first kappa shape index (κ1) is 17.0. The minimum atomic E-state index is -0.375. The molecule has 0 radical (unpaired) electrons. The second-order valence-electron chi connectivity index (χ2n) is 6.38. The molecule has 3 rings (SSSR count). The number of piperidine rings is 1. The van der Waals surface area contributed by atoms with Crippen molar-refractivity contribution in [3.8, 4) is 5.75 Å². The summed E-state index contributed by atoms with van der Waals surface area (Å²) in [5, 5.41) is 10.9. The predicted molar refractivity (Wildman–Crippen MR) is 93.5 cm³/mol. The fourth-order valence-electron chi connectivity index (χ4n) is 3.49. The molecule has 1 aliphatic rings. The zero-order valence-electron chi connectivity index (χ0n) is 14.4. The van der Waals surface area contributed by atoms with E-state index < -0.39 is 0 Å². The van der Waals surface area contributed by atoms with Gasteiger partial charge in [-0.3, -0.25) is 4.90 Å². The van der Waals surface area contributed by atoms with Crippen molar-refractivity contribution in [1.82, 2.24) is 4.90 Å². The number of rotatable bonds is 5. The lowest BCUT2D eigenvalue weighted by Crippen LogP contribution is -2.39. The molecule has 1 unspecified atom stereocenters. The van der Waals surface area contributed by atoms with Crippen LogP contribution in [0.3, 0.4) is 0 Å². The Bertz CT molecular complexity index is 766. The lowest BCUT2D eigenvalue weighted by atomic mass is 10.0. The molecule has 2 heterocycles. The molecule has 130 valence electrons. The molecule has 5 nitrogen and oxygen atoms in total. The van der Waals surface area contributed by atoms with Crippen LogP contribution in [0.4, 0.5) is 0 Å². The molecule has 0 bridgehead atoms. The Morgan fingerprint density at radius 1 is 1.29 bits per heavy atom. The number of aromatic hydroxyl groups is 1. The van der Waals surface area contributed by atoms with Crippen molar-refractivity contribution in [1.29, 1.82) is 0 Å². The van der Waals surface area contributed by atoms with E-state index in [2.05, 4.69) is 4.90 Å². The highest BCUT2D eigenvalue weighted by Crippen LogP contribution is 2.28. The quantitative estimate of drug-likeness (QED) is 0.853. The van der Waals surface area contributed by atoms with Crippen molar-refractivity contribution in [2.24, 2.45) is 0 Å². The fraction of sp³-hybridized carbons (Fsp3) is 0.526. The van der Waals surface area contributed by atoms with Crippen LogP contribution in [0.5, 0.6) is 5.75 Å². The van der Waals surface area contributed by atoms with Crippen LogP contribution in [-0.4, -0.2) is 35.8 Å². The van der Waals surface area contributed by atoms with E-state index in [9.17, 15) is 9.90 Å². The topological polar surface area (TPSA) is 62.9 Å². The van der Waals surface area contributed by atoms with Crippen LogP contribution in [0.1, 0.15) is 37.8 Å². The van der Waals surface area contributed by atoms with Crippen molar-refractivity contribution in [2.75, 3.05) is 19.7 Å². The summed E-state index contributed by atoms with van der Waals surface area (Å²) in [5.74, 6) is 0.180. The molecule has 1 atom stereocenters. The lowest BCUT2D eigenvalue weighted by Gasteiger charge is -2.32. The molecule has 1 saturated heterocycles. The summed E-state index contributed by atoms with van der Waals surface area (Å²) in [6.45, 7) is 7.33. The van der Waals surface area contributed by atoms with Gasteiger partial charge in [0, 0.05) is 37.2 Å². The Balaban J connectivity index is 1.92. The average Bonchev–Trinajstić information content (AvgIpc) is 2.55. The lowest BCUT2D eigenvalue weighted by molar-refractivity contribution is 0.00371. The molecule has 0 amide bonds. The maximum atomic E-state index is 11.9. The van der Waals surface area contributed by atoms with E-state index in [-0.39, 0.29) is 17.5 Å². The fourth-order valence-corrected chi connectivity index (χ4v) is 3.49. The van der Waals surface area contributed by atoms with Crippen molar-refractivity contribution in [3.63, 3.8) is 0 Å². The summed E-state index contributed by atoms with van der Waals surface area (Å²) in [6, 6.07) is 5.06. The first-order valence-electron chi connectivity index (χ1n) is 8.73. The van der Waals surface area contributed by atoms with Gasteiger partial charge in [-0.2, -0.15) is 0 Å². The predicted octanol–water partition coefficient (Wildman–Crippen LogP) is 3.06. The van der Waals surface area contributed by atoms with Gasteiger partial charge < -0.3 is 14.3 Å². The van der Waals surface area contributed by atoms with E-state index in [0.717, 1.165) is 55.5 Å². The molecule has 1 aromatic carbocycles. The summed E-state index contributed by atoms with van der Waals surface area (Å²) < 4.78 is 11.0. The van der Waals surface area contributed by atoms with Crippen molar-refractivity contribution >= 4 is 11.0 Å². The molecule has 0 spiro atoms. The Labute approximate surface area is 141 Å². The number of aryl methyl sites for hydroxylation is 1. The molecule has 24 heavy (non-hydrogen) atoms. The zero-order valence-corrected chi connectivity index (χ0v) is 14.4. The van der Waals surface area contributed by atoms with E-state index in [0.29, 0.717) is 12.1 Å². The Morgan fingerprint density at radius 2 is 2.12 bits per heavy atom. The van der Waals surface area contributed by atoms with Gasteiger partial charge >= 0.3 is 5.63 Å². The van der Waals surface area contributed by atoms with Gasteiger partial charge in [0.1, 0.15) is 11.3 Å². The molecule has 2 aromatic rings. The first-order chi connectivity index (χ1) is 11.6. The molecule has 5 heteroatoms. The third-order valence-electron chi connectivity index (χ3n) is 4.67. The summed E-state index contributed by atoms with van der Waals surface area (Å²) in [7, 11) is 0. The molecule has 1 N–H and O–H groups in total. The van der Waals surface area contributed by atoms with Crippen molar-refractivity contribution < 1.29 is 14.3 Å². The van der Waals surface area contributed by atoms with Gasteiger partial charge in [0.2, 0.25) is 0 Å². The van der Waals surface area contributed by atoms with Crippen LogP contribution in [0.25, 0.3) is 11.0 Å². The standard InChI is InChI=1S/C19H25NO4/c1-3-13-8-16-14(9-19(22)24-18(16)10-17(13)21)11-20-7-5-6-15(12-20)23-4-2/h8-10,15,21H,3-7,11-12H2,1-2H3. The molecule has 0 aliphatic carbocycles. The van der Waals surface area contributed by atoms with Crippen LogP contribution in [0, 0.1) is 0 Å². The van der Waals surface area contributed by atoms with E-state index in [4.69, 9.17) is 9.15 Å². The molecule has 1 aliphatic heterocycles. The summed E-state index contributed by atoms with van der Waals surface area (Å²) >= 11 is 0. The van der Waals surface area contributed by atoms with Gasteiger partial charge in [0.15, 0.2) is 0 Å². The SMILES string of the molecule is CCOC1CCCN(Cc2cc(=O)oc3cc(O)c(CC)cc23)C1.